The van der Waals surface area contributed by atoms with Crippen LogP contribution in [0.3, 0.4) is 0 Å². The number of nitrogens with zero attached hydrogens (tertiary/aromatic N) is 5. The molecule has 7 heteroatoms. The Hall–Kier alpha value is -3.61. The van der Waals surface area contributed by atoms with Gasteiger partial charge in [0.2, 0.25) is 0 Å². The maximum Gasteiger partial charge on any atom is 0.265 e. The first kappa shape index (κ1) is 16.3. The summed E-state index contributed by atoms with van der Waals surface area (Å²) >= 11 is 0. The summed E-state index contributed by atoms with van der Waals surface area (Å²) < 4.78 is 0. The van der Waals surface area contributed by atoms with Gasteiger partial charge in [0.15, 0.2) is 5.82 Å². The Bertz CT molecular complexity index is 861. The predicted octanol–water partition coefficient (Wildman–Crippen LogP) is 3.07. The van der Waals surface area contributed by atoms with Crippen LogP contribution >= 0.6 is 0 Å². The van der Waals surface area contributed by atoms with Crippen molar-refractivity contribution in [3.63, 3.8) is 0 Å². The van der Waals surface area contributed by atoms with E-state index >= 15 is 0 Å². The fraction of sp³-hybridized carbons (Fsp3) is 0.0556. The van der Waals surface area contributed by atoms with E-state index in [0.717, 1.165) is 11.1 Å². The summed E-state index contributed by atoms with van der Waals surface area (Å²) in [4.78, 5) is 4.31. The molecule has 0 fully saturated rings. The molecule has 25 heavy (non-hydrogen) atoms. The standard InChI is InChI=1S/C18H17N7/c1-14-17(23-19-12-15-8-4-2-5-9-15)21-18(25-22-14)24-20-13-16-10-6-3-7-11-16/h2-13H,1H3,(H2,21,23,24,25). The summed E-state index contributed by atoms with van der Waals surface area (Å²) in [5, 5.41) is 16.3. The molecular formula is C18H17N7. The normalized spacial score (nSPS) is 11.1. The second-order valence-corrected chi connectivity index (χ2v) is 5.13. The van der Waals surface area contributed by atoms with Crippen molar-refractivity contribution in [2.45, 2.75) is 6.92 Å². The van der Waals surface area contributed by atoms with Crippen molar-refractivity contribution in [1.82, 2.24) is 15.2 Å². The molecule has 0 aliphatic heterocycles. The lowest BCUT2D eigenvalue weighted by atomic mass is 10.2. The number of rotatable bonds is 6. The van der Waals surface area contributed by atoms with E-state index in [9.17, 15) is 0 Å². The third kappa shape index (κ3) is 4.93. The second-order valence-electron chi connectivity index (χ2n) is 5.13. The minimum Gasteiger partial charge on any atom is -0.260 e. The first-order valence-corrected chi connectivity index (χ1v) is 7.71. The van der Waals surface area contributed by atoms with Gasteiger partial charge in [0.25, 0.3) is 5.95 Å². The van der Waals surface area contributed by atoms with Crippen molar-refractivity contribution in [3.05, 3.63) is 77.5 Å². The third-order valence-corrected chi connectivity index (χ3v) is 3.22. The molecule has 0 aliphatic carbocycles. The van der Waals surface area contributed by atoms with Crippen LogP contribution in [0.1, 0.15) is 16.8 Å². The molecule has 0 bridgehead atoms. The molecule has 3 rings (SSSR count). The van der Waals surface area contributed by atoms with Crippen LogP contribution in [0.15, 0.2) is 70.9 Å². The maximum atomic E-state index is 4.31. The first-order valence-electron chi connectivity index (χ1n) is 7.71. The molecule has 3 aromatic rings. The van der Waals surface area contributed by atoms with E-state index in [1.165, 1.54) is 0 Å². The molecule has 1 aromatic heterocycles. The molecule has 0 saturated carbocycles. The zero-order valence-electron chi connectivity index (χ0n) is 13.7. The average molecular weight is 331 g/mol. The third-order valence-electron chi connectivity index (χ3n) is 3.22. The minimum atomic E-state index is 0.287. The Morgan fingerprint density at radius 1 is 0.760 bits per heavy atom. The number of hydrazone groups is 2. The molecule has 1 heterocycles. The number of aromatic nitrogens is 3. The fourth-order valence-corrected chi connectivity index (χ4v) is 1.94. The zero-order chi connectivity index (χ0) is 17.3. The van der Waals surface area contributed by atoms with Gasteiger partial charge in [0.05, 0.1) is 12.4 Å². The second kappa shape index (κ2) is 8.30. The number of hydrogen-bond donors (Lipinski definition) is 2. The highest BCUT2D eigenvalue weighted by atomic mass is 15.4. The lowest BCUT2D eigenvalue weighted by Gasteiger charge is -2.04. The molecule has 0 aliphatic rings. The van der Waals surface area contributed by atoms with E-state index in [0.29, 0.717) is 11.5 Å². The molecule has 0 radical (unpaired) electrons. The highest BCUT2D eigenvalue weighted by molar-refractivity contribution is 5.80. The number of anilines is 2. The summed E-state index contributed by atoms with van der Waals surface area (Å²) in [6.45, 7) is 1.80. The molecular weight excluding hydrogens is 314 g/mol. The predicted molar refractivity (Wildman–Crippen MR) is 99.9 cm³/mol. The molecule has 0 saturated heterocycles. The summed E-state index contributed by atoms with van der Waals surface area (Å²) in [5.41, 5.74) is 8.24. The van der Waals surface area contributed by atoms with Gasteiger partial charge in [0, 0.05) is 0 Å². The molecule has 2 N–H and O–H groups in total. The smallest absolute Gasteiger partial charge is 0.260 e. The molecule has 0 atom stereocenters. The Labute approximate surface area is 145 Å². The van der Waals surface area contributed by atoms with Crippen molar-refractivity contribution < 1.29 is 0 Å². The Balaban J connectivity index is 1.64. The van der Waals surface area contributed by atoms with Crippen molar-refractivity contribution in [2.75, 3.05) is 10.9 Å². The van der Waals surface area contributed by atoms with Crippen LogP contribution in [0.5, 0.6) is 0 Å². The zero-order valence-corrected chi connectivity index (χ0v) is 13.7. The molecule has 0 unspecified atom stereocenters. The topological polar surface area (TPSA) is 87.5 Å². The lowest BCUT2D eigenvalue weighted by molar-refractivity contribution is 0.922. The first-order chi connectivity index (χ1) is 12.3. The van der Waals surface area contributed by atoms with Crippen LogP contribution < -0.4 is 10.9 Å². The number of nitrogens with one attached hydrogen (secondary N) is 2. The highest BCUT2D eigenvalue weighted by Crippen LogP contribution is 2.09. The largest absolute Gasteiger partial charge is 0.265 e. The van der Waals surface area contributed by atoms with Crippen molar-refractivity contribution >= 4 is 24.2 Å². The summed E-state index contributed by atoms with van der Waals surface area (Å²) in [7, 11) is 0. The number of benzene rings is 2. The Morgan fingerprint density at radius 2 is 1.32 bits per heavy atom. The van der Waals surface area contributed by atoms with Gasteiger partial charge in [0.1, 0.15) is 5.69 Å². The van der Waals surface area contributed by atoms with Crippen LogP contribution in [0.4, 0.5) is 11.8 Å². The average Bonchev–Trinajstić information content (AvgIpc) is 2.66. The van der Waals surface area contributed by atoms with E-state index < -0.39 is 0 Å². The maximum absolute atomic E-state index is 4.31. The van der Waals surface area contributed by atoms with E-state index in [4.69, 9.17) is 0 Å². The molecule has 7 nitrogen and oxygen atoms in total. The van der Waals surface area contributed by atoms with Gasteiger partial charge in [-0.1, -0.05) is 60.7 Å². The van der Waals surface area contributed by atoms with Gasteiger partial charge in [-0.2, -0.15) is 15.2 Å². The van der Waals surface area contributed by atoms with Gasteiger partial charge in [-0.05, 0) is 18.1 Å². The van der Waals surface area contributed by atoms with Gasteiger partial charge >= 0.3 is 0 Å². The summed E-state index contributed by atoms with van der Waals surface area (Å²) in [6.07, 6.45) is 3.39. The Morgan fingerprint density at radius 3 is 1.92 bits per heavy atom. The van der Waals surface area contributed by atoms with E-state index in [-0.39, 0.29) is 5.95 Å². The summed E-state index contributed by atoms with van der Waals surface area (Å²) in [6, 6.07) is 19.5. The van der Waals surface area contributed by atoms with Gasteiger partial charge in [-0.3, -0.25) is 5.43 Å². The SMILES string of the molecule is Cc1nnc(NN=Cc2ccccc2)nc1NN=Cc1ccccc1. The Kier molecular flexibility index (Phi) is 5.40. The summed E-state index contributed by atoms with van der Waals surface area (Å²) in [5.74, 6) is 0.801. The molecule has 0 amide bonds. The van der Waals surface area contributed by atoms with E-state index in [1.54, 1.807) is 19.4 Å². The monoisotopic (exact) mass is 331 g/mol. The van der Waals surface area contributed by atoms with E-state index in [1.807, 2.05) is 60.7 Å². The molecule has 2 aromatic carbocycles. The lowest BCUT2D eigenvalue weighted by Crippen LogP contribution is -2.05. The van der Waals surface area contributed by atoms with Crippen molar-refractivity contribution in [1.29, 1.82) is 0 Å². The van der Waals surface area contributed by atoms with Crippen LogP contribution in [-0.2, 0) is 0 Å². The van der Waals surface area contributed by atoms with Crippen LogP contribution in [0.2, 0.25) is 0 Å². The minimum absolute atomic E-state index is 0.287. The number of aryl methyl sites for hydroxylation is 1. The van der Waals surface area contributed by atoms with Crippen molar-refractivity contribution in [2.24, 2.45) is 10.2 Å². The van der Waals surface area contributed by atoms with Crippen LogP contribution in [-0.4, -0.2) is 27.6 Å². The van der Waals surface area contributed by atoms with E-state index in [2.05, 4.69) is 36.2 Å². The van der Waals surface area contributed by atoms with Gasteiger partial charge in [-0.15, -0.1) is 10.2 Å². The van der Waals surface area contributed by atoms with Gasteiger partial charge in [-0.25, -0.2) is 5.43 Å². The quantitative estimate of drug-likeness (QED) is 0.535. The van der Waals surface area contributed by atoms with Crippen molar-refractivity contribution in [3.8, 4) is 0 Å². The molecule has 124 valence electrons. The highest BCUT2D eigenvalue weighted by Gasteiger charge is 2.03. The van der Waals surface area contributed by atoms with Gasteiger partial charge < -0.3 is 0 Å². The number of hydrogen-bond acceptors (Lipinski definition) is 7. The van der Waals surface area contributed by atoms with Crippen LogP contribution in [0, 0.1) is 6.92 Å². The van der Waals surface area contributed by atoms with Crippen LogP contribution in [0.25, 0.3) is 0 Å². The fourth-order valence-electron chi connectivity index (χ4n) is 1.94. The molecule has 0 spiro atoms.